The predicted octanol–water partition coefficient (Wildman–Crippen LogP) is 5.87. The van der Waals surface area contributed by atoms with Gasteiger partial charge in [-0.2, -0.15) is 0 Å². The molecule has 0 nitrogen and oxygen atoms in total. The SMILES string of the molecule is CCC[CH2][Sn].CCC[CH2][Sn].CCC[CH2][Sn][CH2]CCC. The Kier molecular flexibility index (Phi) is 44.8. The topological polar surface area (TPSA) is 0 Å². The Morgan fingerprint density at radius 3 is 1.05 bits per heavy atom. The molecule has 0 bridgehead atoms. The van der Waals surface area contributed by atoms with Gasteiger partial charge in [-0.25, -0.2) is 0 Å². The molecule has 0 heterocycles. The zero-order chi connectivity index (χ0) is 15.2. The minimum atomic E-state index is 0.149. The van der Waals surface area contributed by atoms with Gasteiger partial charge in [-0.1, -0.05) is 0 Å². The number of unbranched alkanes of at least 4 members (excludes halogenated alkanes) is 4. The number of rotatable bonds is 10. The van der Waals surface area contributed by atoms with E-state index >= 15 is 0 Å². The summed E-state index contributed by atoms with van der Waals surface area (Å²) in [6.07, 6.45) is 11.4. The first-order chi connectivity index (χ1) is 9.24. The molecule has 8 radical (unpaired) electrons. The Hall–Kier alpha value is 2.40. The van der Waals surface area contributed by atoms with Crippen LogP contribution >= 0.6 is 0 Å². The molecular weight excluding hydrogens is 548 g/mol. The van der Waals surface area contributed by atoms with E-state index in [1.807, 2.05) is 0 Å². The second-order valence-electron chi connectivity index (χ2n) is 4.66. The fourth-order valence-corrected chi connectivity index (χ4v) is 7.26. The zero-order valence-electron chi connectivity index (χ0n) is 14.0. The van der Waals surface area contributed by atoms with E-state index in [0.717, 1.165) is 0 Å². The van der Waals surface area contributed by atoms with Crippen molar-refractivity contribution >= 4 is 66.2 Å². The fourth-order valence-electron chi connectivity index (χ4n) is 1.08. The van der Waals surface area contributed by atoms with E-state index in [1.54, 1.807) is 53.9 Å². The van der Waals surface area contributed by atoms with Crippen LogP contribution in [0, 0.1) is 0 Å². The summed E-state index contributed by atoms with van der Waals surface area (Å²) >= 11 is 3.52. The van der Waals surface area contributed by atoms with Gasteiger partial charge in [0, 0.05) is 0 Å². The van der Waals surface area contributed by atoms with Crippen molar-refractivity contribution in [2.45, 2.75) is 96.8 Å². The molecule has 0 atom stereocenters. The molecule has 3 heteroatoms. The van der Waals surface area contributed by atoms with Gasteiger partial charge in [0.1, 0.15) is 0 Å². The van der Waals surface area contributed by atoms with Gasteiger partial charge in [-0.05, 0) is 0 Å². The van der Waals surface area contributed by atoms with Crippen LogP contribution in [0.2, 0.25) is 17.7 Å². The van der Waals surface area contributed by atoms with Crippen LogP contribution in [0.4, 0.5) is 0 Å². The predicted molar refractivity (Wildman–Crippen MR) is 96.1 cm³/mol. The summed E-state index contributed by atoms with van der Waals surface area (Å²) in [6.45, 7) is 9.03. The Balaban J connectivity index is -0.000000219. The van der Waals surface area contributed by atoms with Gasteiger partial charge in [0.25, 0.3) is 0 Å². The number of hydrogen-bond donors (Lipinski definition) is 0. The van der Waals surface area contributed by atoms with Gasteiger partial charge in [0.05, 0.1) is 0 Å². The van der Waals surface area contributed by atoms with Crippen LogP contribution in [0.15, 0.2) is 0 Å². The summed E-state index contributed by atoms with van der Waals surface area (Å²) in [7, 11) is 0. The van der Waals surface area contributed by atoms with Gasteiger partial charge in [-0.15, -0.1) is 0 Å². The van der Waals surface area contributed by atoms with Gasteiger partial charge in [0.2, 0.25) is 0 Å². The maximum absolute atomic E-state index is 2.29. The van der Waals surface area contributed by atoms with Crippen LogP contribution in [0.25, 0.3) is 0 Å². The summed E-state index contributed by atoms with van der Waals surface area (Å²) in [4.78, 5) is 0. The van der Waals surface area contributed by atoms with Gasteiger partial charge in [-0.3, -0.25) is 0 Å². The molecule has 0 amide bonds. The Labute approximate surface area is 161 Å². The molecule has 0 unspecified atom stereocenters. The molecule has 0 N–H and O–H groups in total. The normalized spacial score (nSPS) is 9.16. The van der Waals surface area contributed by atoms with Crippen LogP contribution in [-0.4, -0.2) is 66.2 Å². The molecule has 0 aromatic heterocycles. The average molecular weight is 585 g/mol. The van der Waals surface area contributed by atoms with Gasteiger partial charge < -0.3 is 0 Å². The Bertz CT molecular complexity index is 92.2. The fraction of sp³-hybridized carbons (Fsp3) is 1.00. The molecule has 0 rings (SSSR count). The van der Waals surface area contributed by atoms with E-state index in [-0.39, 0.29) is 21.1 Å². The first-order valence-electron chi connectivity index (χ1n) is 8.24. The molecule has 19 heavy (non-hydrogen) atoms. The van der Waals surface area contributed by atoms with Crippen molar-refractivity contribution in [1.82, 2.24) is 0 Å². The van der Waals surface area contributed by atoms with Crippen molar-refractivity contribution in [2.24, 2.45) is 0 Å². The van der Waals surface area contributed by atoms with Crippen molar-refractivity contribution in [3.05, 3.63) is 0 Å². The summed E-state index contributed by atoms with van der Waals surface area (Å²) in [5.41, 5.74) is 0. The van der Waals surface area contributed by atoms with Crippen LogP contribution < -0.4 is 0 Å². The van der Waals surface area contributed by atoms with Crippen LogP contribution in [0.5, 0.6) is 0 Å². The van der Waals surface area contributed by atoms with Crippen molar-refractivity contribution in [1.29, 1.82) is 0 Å². The second kappa shape index (κ2) is 32.4. The van der Waals surface area contributed by atoms with Crippen molar-refractivity contribution < 1.29 is 0 Å². The van der Waals surface area contributed by atoms with E-state index in [4.69, 9.17) is 0 Å². The molecule has 0 saturated heterocycles. The molecule has 0 aromatic carbocycles. The van der Waals surface area contributed by atoms with E-state index < -0.39 is 0 Å². The van der Waals surface area contributed by atoms with Gasteiger partial charge >= 0.3 is 163 Å². The molecular formula is C16H36Sn3. The first-order valence-corrected chi connectivity index (χ1v) is 16.3. The van der Waals surface area contributed by atoms with E-state index in [2.05, 4.69) is 27.7 Å². The minimum absolute atomic E-state index is 0.149. The standard InChI is InChI=1S/4C4H9.3Sn/c4*1-3-4-2;;;/h4*1,3-4H2,2H3;;;. The van der Waals surface area contributed by atoms with E-state index in [0.29, 0.717) is 0 Å². The molecule has 0 spiro atoms. The summed E-state index contributed by atoms with van der Waals surface area (Å²) < 4.78 is 6.12. The molecule has 0 aliphatic carbocycles. The Morgan fingerprint density at radius 2 is 0.895 bits per heavy atom. The zero-order valence-corrected chi connectivity index (χ0v) is 22.5. The third-order valence-corrected chi connectivity index (χ3v) is 8.53. The Morgan fingerprint density at radius 1 is 0.579 bits per heavy atom. The monoisotopic (exact) mass is 588 g/mol. The van der Waals surface area contributed by atoms with Crippen LogP contribution in [0.3, 0.4) is 0 Å². The maximum atomic E-state index is 2.29. The van der Waals surface area contributed by atoms with E-state index in [1.165, 1.54) is 60.2 Å². The van der Waals surface area contributed by atoms with E-state index in [9.17, 15) is 0 Å². The molecule has 0 aromatic rings. The molecule has 0 fully saturated rings. The molecule has 0 aliphatic rings. The first kappa shape index (κ1) is 26.3. The summed E-state index contributed by atoms with van der Waals surface area (Å²) in [6, 6.07) is 0. The quantitative estimate of drug-likeness (QED) is 0.223. The third-order valence-electron chi connectivity index (χ3n) is 2.47. The summed E-state index contributed by atoms with van der Waals surface area (Å²) in [5.74, 6) is 0. The second-order valence-corrected chi connectivity index (χ2v) is 11.8. The molecule has 0 aliphatic heterocycles. The van der Waals surface area contributed by atoms with Crippen molar-refractivity contribution in [2.75, 3.05) is 0 Å². The van der Waals surface area contributed by atoms with Crippen molar-refractivity contribution in [3.8, 4) is 0 Å². The van der Waals surface area contributed by atoms with Crippen LogP contribution in [0.1, 0.15) is 79.1 Å². The molecule has 0 saturated carbocycles. The third kappa shape index (κ3) is 44.9. The molecule has 112 valence electrons. The summed E-state index contributed by atoms with van der Waals surface area (Å²) in [5, 5.41) is 0. The van der Waals surface area contributed by atoms with Crippen molar-refractivity contribution in [3.63, 3.8) is 0 Å². The average Bonchev–Trinajstić information content (AvgIpc) is 2.42. The number of hydrogen-bond acceptors (Lipinski definition) is 0. The van der Waals surface area contributed by atoms with Crippen LogP contribution in [-0.2, 0) is 0 Å². The van der Waals surface area contributed by atoms with Gasteiger partial charge in [0.15, 0.2) is 0 Å².